The van der Waals surface area contributed by atoms with Gasteiger partial charge in [0.25, 0.3) is 5.91 Å². The van der Waals surface area contributed by atoms with Crippen molar-refractivity contribution in [2.24, 2.45) is 0 Å². The van der Waals surface area contributed by atoms with Gasteiger partial charge in [0.1, 0.15) is 0 Å². The molecule has 7 nitrogen and oxygen atoms in total. The van der Waals surface area contributed by atoms with Crippen molar-refractivity contribution in [3.63, 3.8) is 0 Å². The molecule has 7 heteroatoms. The Morgan fingerprint density at radius 2 is 1.95 bits per heavy atom. The average Bonchev–Trinajstić information content (AvgIpc) is 3.11. The van der Waals surface area contributed by atoms with Gasteiger partial charge in [-0.2, -0.15) is 0 Å². The molecule has 0 N–H and O–H groups in total. The number of amides is 1. The summed E-state index contributed by atoms with van der Waals surface area (Å²) < 4.78 is 15.8. The standard InChI is InChI=1S/C15H23N3O4/c19-15(14-1-4-16-22-14)18(13-2-9-20-10-3-13)6-5-17-7-11-21-12-8-17/h1,4,13H,2-3,5-12H2. The van der Waals surface area contributed by atoms with Crippen LogP contribution in [-0.4, -0.2) is 79.5 Å². The first-order valence-corrected chi connectivity index (χ1v) is 7.94. The second-order valence-corrected chi connectivity index (χ2v) is 5.67. The fourth-order valence-corrected chi connectivity index (χ4v) is 2.99. The summed E-state index contributed by atoms with van der Waals surface area (Å²) in [5, 5.41) is 3.65. The van der Waals surface area contributed by atoms with Gasteiger partial charge in [-0.25, -0.2) is 0 Å². The van der Waals surface area contributed by atoms with Gasteiger partial charge in [0.15, 0.2) is 0 Å². The highest BCUT2D eigenvalue weighted by molar-refractivity contribution is 5.91. The van der Waals surface area contributed by atoms with Crippen molar-refractivity contribution in [2.75, 3.05) is 52.6 Å². The van der Waals surface area contributed by atoms with E-state index in [4.69, 9.17) is 14.0 Å². The zero-order valence-corrected chi connectivity index (χ0v) is 12.8. The number of hydrogen-bond acceptors (Lipinski definition) is 6. The highest BCUT2D eigenvalue weighted by Gasteiger charge is 2.28. The SMILES string of the molecule is O=C(c1ccno1)N(CCN1CCOCC1)C1CCOCC1. The first-order valence-electron chi connectivity index (χ1n) is 7.94. The molecule has 122 valence electrons. The van der Waals surface area contributed by atoms with Crippen LogP contribution in [0.25, 0.3) is 0 Å². The molecular weight excluding hydrogens is 286 g/mol. The van der Waals surface area contributed by atoms with E-state index < -0.39 is 0 Å². The van der Waals surface area contributed by atoms with Gasteiger partial charge in [0, 0.05) is 51.5 Å². The molecule has 0 bridgehead atoms. The van der Waals surface area contributed by atoms with Gasteiger partial charge in [0.2, 0.25) is 5.76 Å². The minimum absolute atomic E-state index is 0.0716. The predicted molar refractivity (Wildman–Crippen MR) is 78.6 cm³/mol. The number of morpholine rings is 1. The highest BCUT2D eigenvalue weighted by Crippen LogP contribution is 2.17. The molecule has 1 aromatic heterocycles. The first-order chi connectivity index (χ1) is 10.8. The largest absolute Gasteiger partial charge is 0.381 e. The van der Waals surface area contributed by atoms with Crippen LogP contribution in [0.3, 0.4) is 0 Å². The molecule has 0 aromatic carbocycles. The second-order valence-electron chi connectivity index (χ2n) is 5.67. The Hall–Kier alpha value is -1.44. The lowest BCUT2D eigenvalue weighted by Gasteiger charge is -2.36. The third-order valence-corrected chi connectivity index (χ3v) is 4.30. The van der Waals surface area contributed by atoms with Crippen LogP contribution >= 0.6 is 0 Å². The third kappa shape index (κ3) is 3.85. The van der Waals surface area contributed by atoms with Gasteiger partial charge in [0.05, 0.1) is 19.4 Å². The van der Waals surface area contributed by atoms with Gasteiger partial charge in [-0.05, 0) is 12.8 Å². The summed E-state index contributed by atoms with van der Waals surface area (Å²) in [5.74, 6) is 0.242. The minimum Gasteiger partial charge on any atom is -0.381 e. The Bertz CT molecular complexity index is 453. The molecule has 0 unspecified atom stereocenters. The van der Waals surface area contributed by atoms with E-state index in [1.54, 1.807) is 6.07 Å². The van der Waals surface area contributed by atoms with E-state index in [1.807, 2.05) is 4.90 Å². The fourth-order valence-electron chi connectivity index (χ4n) is 2.99. The van der Waals surface area contributed by atoms with Gasteiger partial charge in [-0.15, -0.1) is 0 Å². The van der Waals surface area contributed by atoms with Crippen LogP contribution in [-0.2, 0) is 9.47 Å². The van der Waals surface area contributed by atoms with Crippen LogP contribution in [0.1, 0.15) is 23.4 Å². The van der Waals surface area contributed by atoms with E-state index in [9.17, 15) is 4.79 Å². The van der Waals surface area contributed by atoms with Crippen molar-refractivity contribution in [3.8, 4) is 0 Å². The van der Waals surface area contributed by atoms with Crippen LogP contribution in [0.2, 0.25) is 0 Å². The van der Waals surface area contributed by atoms with E-state index in [2.05, 4.69) is 10.1 Å². The van der Waals surface area contributed by atoms with Crippen LogP contribution in [0, 0.1) is 0 Å². The maximum absolute atomic E-state index is 12.7. The molecule has 0 atom stereocenters. The Morgan fingerprint density at radius 3 is 2.64 bits per heavy atom. The molecule has 0 aliphatic carbocycles. The van der Waals surface area contributed by atoms with E-state index in [0.717, 1.165) is 45.7 Å². The van der Waals surface area contributed by atoms with Crippen molar-refractivity contribution < 1.29 is 18.8 Å². The van der Waals surface area contributed by atoms with E-state index in [1.165, 1.54) is 6.20 Å². The monoisotopic (exact) mass is 309 g/mol. The van der Waals surface area contributed by atoms with E-state index >= 15 is 0 Å². The number of nitrogens with zero attached hydrogens (tertiary/aromatic N) is 3. The zero-order chi connectivity index (χ0) is 15.2. The maximum atomic E-state index is 12.7. The molecule has 3 rings (SSSR count). The molecule has 2 fully saturated rings. The van der Waals surface area contributed by atoms with Crippen LogP contribution in [0.15, 0.2) is 16.8 Å². The molecular formula is C15H23N3O4. The molecule has 2 aliphatic rings. The summed E-state index contributed by atoms with van der Waals surface area (Å²) in [6.45, 7) is 6.38. The quantitative estimate of drug-likeness (QED) is 0.794. The lowest BCUT2D eigenvalue weighted by atomic mass is 10.1. The Kier molecular flexibility index (Phi) is 5.42. The Labute approximate surface area is 130 Å². The van der Waals surface area contributed by atoms with Gasteiger partial charge in [-0.1, -0.05) is 5.16 Å². The summed E-state index contributed by atoms with van der Waals surface area (Å²) in [6.07, 6.45) is 3.27. The molecule has 1 aromatic rings. The maximum Gasteiger partial charge on any atom is 0.292 e. The van der Waals surface area contributed by atoms with Crippen LogP contribution < -0.4 is 0 Å². The summed E-state index contributed by atoms with van der Waals surface area (Å²) >= 11 is 0. The van der Waals surface area contributed by atoms with Gasteiger partial charge in [-0.3, -0.25) is 9.69 Å². The Morgan fingerprint density at radius 1 is 1.23 bits per heavy atom. The average molecular weight is 309 g/mol. The summed E-state index contributed by atoms with van der Waals surface area (Å²) in [5.41, 5.74) is 0. The fraction of sp³-hybridized carbons (Fsp3) is 0.733. The van der Waals surface area contributed by atoms with Gasteiger partial charge < -0.3 is 18.9 Å². The first kappa shape index (κ1) is 15.5. The summed E-state index contributed by atoms with van der Waals surface area (Å²) in [4.78, 5) is 17.0. The van der Waals surface area contributed by atoms with Crippen molar-refractivity contribution in [3.05, 3.63) is 18.0 Å². The second kappa shape index (κ2) is 7.71. The predicted octanol–water partition coefficient (Wildman–Crippen LogP) is 0.628. The van der Waals surface area contributed by atoms with Crippen molar-refractivity contribution in [1.29, 1.82) is 0 Å². The normalized spacial score (nSPS) is 20.9. The number of carbonyl (C=O) groups is 1. The number of aromatic nitrogens is 1. The molecule has 2 saturated heterocycles. The number of ether oxygens (including phenoxy) is 2. The highest BCUT2D eigenvalue weighted by atomic mass is 16.5. The number of carbonyl (C=O) groups excluding carboxylic acids is 1. The molecule has 0 radical (unpaired) electrons. The third-order valence-electron chi connectivity index (χ3n) is 4.30. The molecule has 0 saturated carbocycles. The Balaban J connectivity index is 1.63. The molecule has 2 aliphatic heterocycles. The molecule has 1 amide bonds. The summed E-state index contributed by atoms with van der Waals surface area (Å²) in [7, 11) is 0. The topological polar surface area (TPSA) is 68.0 Å². The van der Waals surface area contributed by atoms with Crippen LogP contribution in [0.5, 0.6) is 0 Å². The van der Waals surface area contributed by atoms with Gasteiger partial charge >= 0.3 is 0 Å². The minimum atomic E-state index is -0.0716. The van der Waals surface area contributed by atoms with Crippen LogP contribution in [0.4, 0.5) is 0 Å². The van der Waals surface area contributed by atoms with Crippen molar-refractivity contribution in [2.45, 2.75) is 18.9 Å². The smallest absolute Gasteiger partial charge is 0.292 e. The number of rotatable bonds is 5. The number of hydrogen-bond donors (Lipinski definition) is 0. The molecule has 3 heterocycles. The summed E-state index contributed by atoms with van der Waals surface area (Å²) in [6, 6.07) is 1.84. The lowest BCUT2D eigenvalue weighted by molar-refractivity contribution is 0.0127. The van der Waals surface area contributed by atoms with E-state index in [0.29, 0.717) is 25.5 Å². The van der Waals surface area contributed by atoms with E-state index in [-0.39, 0.29) is 11.9 Å². The lowest BCUT2D eigenvalue weighted by Crippen LogP contribution is -2.48. The zero-order valence-electron chi connectivity index (χ0n) is 12.8. The molecule has 22 heavy (non-hydrogen) atoms. The van der Waals surface area contributed by atoms with Crippen molar-refractivity contribution in [1.82, 2.24) is 15.0 Å². The van der Waals surface area contributed by atoms with Crippen molar-refractivity contribution >= 4 is 5.91 Å². The molecule has 0 spiro atoms.